The summed E-state index contributed by atoms with van der Waals surface area (Å²) >= 11 is 0. The van der Waals surface area contributed by atoms with Crippen LogP contribution < -0.4 is 5.73 Å². The Morgan fingerprint density at radius 2 is 2.21 bits per heavy atom. The van der Waals surface area contributed by atoms with Gasteiger partial charge in [-0.2, -0.15) is 0 Å². The number of hydrogen-bond donors (Lipinski definition) is 2. The fourth-order valence-electron chi connectivity index (χ4n) is 1.63. The van der Waals surface area contributed by atoms with Crippen molar-refractivity contribution in [3.05, 3.63) is 36.2 Å². The molecule has 0 unspecified atom stereocenters. The molecule has 0 saturated heterocycles. The molecule has 14 heavy (non-hydrogen) atoms. The van der Waals surface area contributed by atoms with Crippen LogP contribution in [0.15, 0.2) is 30.6 Å². The minimum atomic E-state index is -0.252. The summed E-state index contributed by atoms with van der Waals surface area (Å²) in [6.45, 7) is 0. The van der Waals surface area contributed by atoms with Crippen molar-refractivity contribution in [2.24, 2.45) is 5.73 Å². The summed E-state index contributed by atoms with van der Waals surface area (Å²) in [6.07, 6.45) is 5.02. The van der Waals surface area contributed by atoms with Crippen molar-refractivity contribution in [3.63, 3.8) is 0 Å². The van der Waals surface area contributed by atoms with Crippen LogP contribution in [0.25, 0.3) is 10.8 Å². The Kier molecular flexibility index (Phi) is 2.23. The third-order valence-corrected chi connectivity index (χ3v) is 2.34. The molecule has 0 fully saturated rings. The van der Waals surface area contributed by atoms with Gasteiger partial charge in [0.25, 0.3) is 0 Å². The summed E-state index contributed by atoms with van der Waals surface area (Å²) < 4.78 is 0. The van der Waals surface area contributed by atoms with Crippen LogP contribution in [0.5, 0.6) is 0 Å². The monoisotopic (exact) mass is 188 g/mol. The van der Waals surface area contributed by atoms with E-state index in [0.717, 1.165) is 0 Å². The molecule has 1 aromatic carbocycles. The summed E-state index contributed by atoms with van der Waals surface area (Å²) in [5, 5.41) is 2.35. The fraction of sp³-hybridized carbons (Fsp3) is 0.182. The molecule has 3 nitrogen and oxygen atoms in total. The molecule has 2 rings (SSSR count). The lowest BCUT2D eigenvalue weighted by atomic mass is 10.0. The Labute approximate surface area is 81.9 Å². The molecule has 0 atom stereocenters. The molecule has 3 N–H and O–H groups in total. The Morgan fingerprint density at radius 3 is 3.00 bits per heavy atom. The maximum Gasteiger partial charge on any atom is 0.217 e. The number of nitrogens with two attached hydrogens (primary N) is 1. The number of benzene rings is 1. The van der Waals surface area contributed by atoms with Gasteiger partial charge in [0.05, 0.1) is 0 Å². The van der Waals surface area contributed by atoms with E-state index in [-0.39, 0.29) is 5.91 Å². The number of carbonyl (C=O) groups excluding carboxylic acids is 1. The molecular formula is C11H12N2O. The Morgan fingerprint density at radius 1 is 1.36 bits per heavy atom. The van der Waals surface area contributed by atoms with E-state index in [2.05, 4.69) is 4.98 Å². The van der Waals surface area contributed by atoms with E-state index in [4.69, 9.17) is 5.73 Å². The third-order valence-electron chi connectivity index (χ3n) is 2.34. The molecule has 1 amide bonds. The number of rotatable bonds is 3. The SMILES string of the molecule is NC(=O)CCc1cccc2c[nH]cc12. The summed E-state index contributed by atoms with van der Waals surface area (Å²) in [5.41, 5.74) is 6.28. The highest BCUT2D eigenvalue weighted by Crippen LogP contribution is 2.19. The Balaban J connectivity index is 2.32. The Bertz CT molecular complexity index is 459. The van der Waals surface area contributed by atoms with Gasteiger partial charge in [-0.3, -0.25) is 4.79 Å². The molecule has 0 aliphatic rings. The largest absolute Gasteiger partial charge is 0.370 e. The molecule has 0 bridgehead atoms. The normalized spacial score (nSPS) is 10.6. The molecular weight excluding hydrogens is 176 g/mol. The smallest absolute Gasteiger partial charge is 0.217 e. The van der Waals surface area contributed by atoms with Gasteiger partial charge in [0.15, 0.2) is 0 Å². The standard InChI is InChI=1S/C11H12N2O/c12-11(14)5-4-8-2-1-3-9-6-13-7-10(8)9/h1-3,6-7,13H,4-5H2,(H2,12,14). The molecule has 0 radical (unpaired) electrons. The van der Waals surface area contributed by atoms with Gasteiger partial charge in [-0.05, 0) is 17.4 Å². The van der Waals surface area contributed by atoms with Crippen LogP contribution in [0.1, 0.15) is 12.0 Å². The molecule has 2 aromatic rings. The number of fused-ring (bicyclic) bond motifs is 1. The maximum atomic E-state index is 10.7. The lowest BCUT2D eigenvalue weighted by Crippen LogP contribution is -2.11. The van der Waals surface area contributed by atoms with E-state index in [0.29, 0.717) is 12.8 Å². The van der Waals surface area contributed by atoms with Gasteiger partial charge in [0, 0.05) is 24.2 Å². The van der Waals surface area contributed by atoms with Gasteiger partial charge >= 0.3 is 0 Å². The topological polar surface area (TPSA) is 58.9 Å². The number of amides is 1. The highest BCUT2D eigenvalue weighted by Gasteiger charge is 2.02. The second-order valence-corrected chi connectivity index (χ2v) is 3.34. The summed E-state index contributed by atoms with van der Waals surface area (Å²) in [6, 6.07) is 6.06. The highest BCUT2D eigenvalue weighted by molar-refractivity contribution is 5.85. The highest BCUT2D eigenvalue weighted by atomic mass is 16.1. The fourth-order valence-corrected chi connectivity index (χ4v) is 1.63. The van der Waals surface area contributed by atoms with E-state index in [1.165, 1.54) is 16.3 Å². The van der Waals surface area contributed by atoms with Crippen LogP contribution >= 0.6 is 0 Å². The molecule has 0 saturated carbocycles. The van der Waals surface area contributed by atoms with Crippen LogP contribution in [0.4, 0.5) is 0 Å². The molecule has 1 heterocycles. The van der Waals surface area contributed by atoms with Gasteiger partial charge in [0.1, 0.15) is 0 Å². The second kappa shape index (κ2) is 3.54. The average Bonchev–Trinajstić information content (AvgIpc) is 2.62. The van der Waals surface area contributed by atoms with E-state index in [1.54, 1.807) is 0 Å². The minimum absolute atomic E-state index is 0.252. The summed E-state index contributed by atoms with van der Waals surface area (Å²) in [5.74, 6) is -0.252. The quantitative estimate of drug-likeness (QED) is 0.754. The Hall–Kier alpha value is -1.77. The van der Waals surface area contributed by atoms with Crippen molar-refractivity contribution in [2.45, 2.75) is 12.8 Å². The summed E-state index contributed by atoms with van der Waals surface area (Å²) in [7, 11) is 0. The van der Waals surface area contributed by atoms with Gasteiger partial charge < -0.3 is 10.7 Å². The predicted octanol–water partition coefficient (Wildman–Crippen LogP) is 1.59. The van der Waals surface area contributed by atoms with Crippen LogP contribution in [0.2, 0.25) is 0 Å². The van der Waals surface area contributed by atoms with Gasteiger partial charge in [-0.15, -0.1) is 0 Å². The zero-order chi connectivity index (χ0) is 9.97. The number of aromatic nitrogens is 1. The first-order valence-electron chi connectivity index (χ1n) is 4.60. The number of aromatic amines is 1. The predicted molar refractivity (Wildman–Crippen MR) is 55.8 cm³/mol. The number of aryl methyl sites for hydroxylation is 1. The van der Waals surface area contributed by atoms with E-state index in [9.17, 15) is 4.79 Å². The van der Waals surface area contributed by atoms with Crippen molar-refractivity contribution in [1.82, 2.24) is 4.98 Å². The molecule has 1 aromatic heterocycles. The molecule has 3 heteroatoms. The van der Waals surface area contributed by atoms with E-state index >= 15 is 0 Å². The lowest BCUT2D eigenvalue weighted by Gasteiger charge is -2.00. The van der Waals surface area contributed by atoms with Crippen LogP contribution in [0, 0.1) is 0 Å². The van der Waals surface area contributed by atoms with E-state index < -0.39 is 0 Å². The van der Waals surface area contributed by atoms with Crippen molar-refractivity contribution in [2.75, 3.05) is 0 Å². The van der Waals surface area contributed by atoms with Crippen molar-refractivity contribution in [1.29, 1.82) is 0 Å². The number of H-pyrrole nitrogens is 1. The minimum Gasteiger partial charge on any atom is -0.370 e. The van der Waals surface area contributed by atoms with Crippen LogP contribution in [-0.2, 0) is 11.2 Å². The van der Waals surface area contributed by atoms with Crippen LogP contribution in [-0.4, -0.2) is 10.9 Å². The number of nitrogens with one attached hydrogen (secondary N) is 1. The van der Waals surface area contributed by atoms with Crippen molar-refractivity contribution >= 4 is 16.7 Å². The van der Waals surface area contributed by atoms with Crippen molar-refractivity contribution in [3.8, 4) is 0 Å². The molecule has 0 spiro atoms. The zero-order valence-electron chi connectivity index (χ0n) is 7.79. The van der Waals surface area contributed by atoms with Gasteiger partial charge in [-0.1, -0.05) is 18.2 Å². The number of carbonyl (C=O) groups is 1. The van der Waals surface area contributed by atoms with Gasteiger partial charge in [0.2, 0.25) is 5.91 Å². The summed E-state index contributed by atoms with van der Waals surface area (Å²) in [4.78, 5) is 13.7. The molecule has 0 aliphatic heterocycles. The van der Waals surface area contributed by atoms with E-state index in [1.807, 2.05) is 30.6 Å². The molecule has 0 aliphatic carbocycles. The molecule has 72 valence electrons. The first kappa shape index (κ1) is 8.81. The lowest BCUT2D eigenvalue weighted by molar-refractivity contribution is -0.117. The third kappa shape index (κ3) is 1.62. The van der Waals surface area contributed by atoms with Crippen LogP contribution in [0.3, 0.4) is 0 Å². The first-order chi connectivity index (χ1) is 6.77. The maximum absolute atomic E-state index is 10.7. The van der Waals surface area contributed by atoms with Crippen molar-refractivity contribution < 1.29 is 4.79 Å². The average molecular weight is 188 g/mol. The number of primary amides is 1. The second-order valence-electron chi connectivity index (χ2n) is 3.34. The zero-order valence-corrected chi connectivity index (χ0v) is 7.79. The first-order valence-corrected chi connectivity index (χ1v) is 4.60. The number of hydrogen-bond acceptors (Lipinski definition) is 1. The van der Waals surface area contributed by atoms with Gasteiger partial charge in [-0.25, -0.2) is 0 Å².